The van der Waals surface area contributed by atoms with Crippen LogP contribution in [0.3, 0.4) is 0 Å². The lowest BCUT2D eigenvalue weighted by molar-refractivity contribution is -0.189. The van der Waals surface area contributed by atoms with Crippen LogP contribution in [0.4, 0.5) is 0 Å². The van der Waals surface area contributed by atoms with Crippen LogP contribution in [0.25, 0.3) is 22.3 Å². The number of ether oxygens (including phenoxy) is 2. The van der Waals surface area contributed by atoms with Crippen LogP contribution in [0.2, 0.25) is 0 Å². The Balaban J connectivity index is 1.28. The Kier molecular flexibility index (Phi) is 7.11. The monoisotopic (exact) mass is 585 g/mol. The van der Waals surface area contributed by atoms with Gasteiger partial charge < -0.3 is 19.1 Å². The number of phenolic OH excluding ortho intramolecular Hbond substituents is 1. The molecule has 11 nitrogen and oxygen atoms in total. The molecule has 11 heteroatoms. The van der Waals surface area contributed by atoms with Gasteiger partial charge in [0.2, 0.25) is 5.60 Å². The first-order valence-corrected chi connectivity index (χ1v) is 14.5. The molecule has 3 aliphatic rings. The van der Waals surface area contributed by atoms with E-state index in [0.29, 0.717) is 48.2 Å². The number of rotatable bonds is 9. The van der Waals surface area contributed by atoms with Crippen LogP contribution in [0, 0.1) is 0 Å². The molecule has 1 atom stereocenters. The zero-order valence-corrected chi connectivity index (χ0v) is 24.0. The fraction of sp³-hybridized carbons (Fsp3) is 0.375. The van der Waals surface area contributed by atoms with Gasteiger partial charge in [0.15, 0.2) is 0 Å². The van der Waals surface area contributed by atoms with E-state index in [1.165, 1.54) is 12.2 Å². The van der Waals surface area contributed by atoms with Crippen molar-refractivity contribution in [3.63, 3.8) is 0 Å². The molecule has 2 aromatic heterocycles. The number of carbonyl (C=O) groups is 4. The maximum Gasteiger partial charge on any atom is 0.355 e. The zero-order chi connectivity index (χ0) is 30.5. The lowest BCUT2D eigenvalue weighted by atomic mass is 9.85. The number of aryl methyl sites for hydroxylation is 1. The van der Waals surface area contributed by atoms with Crippen molar-refractivity contribution in [1.29, 1.82) is 0 Å². The first-order valence-electron chi connectivity index (χ1n) is 14.5. The molecule has 1 aromatic carbocycles. The van der Waals surface area contributed by atoms with Crippen molar-refractivity contribution in [3.8, 4) is 17.1 Å². The molecule has 0 unspecified atom stereocenters. The van der Waals surface area contributed by atoms with Gasteiger partial charge in [-0.25, -0.2) is 9.78 Å². The highest BCUT2D eigenvalue weighted by atomic mass is 16.6. The minimum absolute atomic E-state index is 0.0114. The second-order valence-corrected chi connectivity index (χ2v) is 11.0. The van der Waals surface area contributed by atoms with E-state index >= 15 is 0 Å². The Hall–Kier alpha value is -4.80. The van der Waals surface area contributed by atoms with Crippen molar-refractivity contribution in [2.24, 2.45) is 0 Å². The number of imide groups is 1. The van der Waals surface area contributed by atoms with Crippen molar-refractivity contribution in [1.82, 2.24) is 14.5 Å². The van der Waals surface area contributed by atoms with E-state index in [9.17, 15) is 29.1 Å². The van der Waals surface area contributed by atoms with E-state index in [4.69, 9.17) is 14.5 Å². The number of pyridine rings is 2. The van der Waals surface area contributed by atoms with E-state index in [2.05, 4.69) is 0 Å². The van der Waals surface area contributed by atoms with Crippen molar-refractivity contribution in [2.45, 2.75) is 71.1 Å². The molecular weight excluding hydrogens is 554 g/mol. The number of benzene rings is 1. The second kappa shape index (κ2) is 10.8. The van der Waals surface area contributed by atoms with Crippen LogP contribution in [0.5, 0.6) is 5.75 Å². The molecule has 43 heavy (non-hydrogen) atoms. The first kappa shape index (κ1) is 28.3. The Labute approximate surface area is 246 Å². The maximum absolute atomic E-state index is 13.8. The highest BCUT2D eigenvalue weighted by Crippen LogP contribution is 2.42. The molecule has 1 N–H and O–H groups in total. The number of aromatic hydroxyl groups is 1. The Bertz CT molecular complexity index is 1790. The van der Waals surface area contributed by atoms with E-state index in [0.717, 1.165) is 21.4 Å². The summed E-state index contributed by atoms with van der Waals surface area (Å²) in [5, 5.41) is 10.9. The summed E-state index contributed by atoms with van der Waals surface area (Å²) >= 11 is 0. The van der Waals surface area contributed by atoms with Crippen LogP contribution in [-0.4, -0.2) is 49.9 Å². The third kappa shape index (κ3) is 4.59. The fourth-order valence-electron chi connectivity index (χ4n) is 6.32. The lowest BCUT2D eigenvalue weighted by Gasteiger charge is -2.35. The van der Waals surface area contributed by atoms with Gasteiger partial charge in [0.1, 0.15) is 12.4 Å². The summed E-state index contributed by atoms with van der Waals surface area (Å²) in [5.74, 6) is -1.90. The molecule has 2 amide bonds. The molecule has 6 rings (SSSR count). The van der Waals surface area contributed by atoms with E-state index in [-0.39, 0.29) is 61.2 Å². The van der Waals surface area contributed by atoms with Gasteiger partial charge in [-0.15, -0.1) is 0 Å². The van der Waals surface area contributed by atoms with E-state index in [1.54, 1.807) is 35.8 Å². The summed E-state index contributed by atoms with van der Waals surface area (Å²) in [6.45, 7) is 4.03. The number of fused-ring (bicyclic) bond motifs is 5. The second-order valence-electron chi connectivity index (χ2n) is 11.0. The predicted molar refractivity (Wildman–Crippen MR) is 154 cm³/mol. The van der Waals surface area contributed by atoms with Crippen LogP contribution < -0.4 is 5.56 Å². The summed E-state index contributed by atoms with van der Waals surface area (Å²) in [5.41, 5.74) is 2.15. The molecule has 3 aromatic rings. The molecule has 0 saturated heterocycles. The van der Waals surface area contributed by atoms with Gasteiger partial charge in [0.05, 0.1) is 29.0 Å². The molecular formula is C32H31N3O8. The fourth-order valence-corrected chi connectivity index (χ4v) is 6.32. The maximum atomic E-state index is 13.8. The third-order valence-corrected chi connectivity index (χ3v) is 8.56. The minimum Gasteiger partial charge on any atom is -0.508 e. The number of cyclic esters (lactones) is 1. The van der Waals surface area contributed by atoms with E-state index < -0.39 is 17.5 Å². The van der Waals surface area contributed by atoms with Crippen molar-refractivity contribution >= 4 is 34.7 Å². The van der Waals surface area contributed by atoms with Crippen LogP contribution in [0.15, 0.2) is 41.2 Å². The van der Waals surface area contributed by atoms with Crippen molar-refractivity contribution in [2.75, 3.05) is 6.54 Å². The molecule has 222 valence electrons. The molecule has 0 aliphatic carbocycles. The van der Waals surface area contributed by atoms with Gasteiger partial charge in [-0.05, 0) is 55.5 Å². The average Bonchev–Trinajstić information content (AvgIpc) is 3.52. The summed E-state index contributed by atoms with van der Waals surface area (Å²) < 4.78 is 12.9. The normalized spacial score (nSPS) is 18.6. The molecule has 0 bridgehead atoms. The summed E-state index contributed by atoms with van der Waals surface area (Å²) in [4.78, 5) is 69.6. The summed E-state index contributed by atoms with van der Waals surface area (Å²) in [6.07, 6.45) is 4.72. The lowest BCUT2D eigenvalue weighted by Crippen LogP contribution is -2.47. The quantitative estimate of drug-likeness (QED) is 0.177. The number of amides is 2. The zero-order valence-electron chi connectivity index (χ0n) is 24.0. The highest BCUT2D eigenvalue weighted by Gasteiger charge is 2.50. The largest absolute Gasteiger partial charge is 0.508 e. The van der Waals surface area contributed by atoms with Gasteiger partial charge in [-0.3, -0.25) is 24.1 Å². The van der Waals surface area contributed by atoms with Crippen molar-refractivity contribution < 1.29 is 33.8 Å². The SMILES string of the molecule is CCc1c2c(nc3ccc(O)cc13)-c1cc3c(c(=O)n1C2)COC(=O)[C@@]3(CC)OC(=O)CCCCCN1C(=O)C=CC1=O. The Morgan fingerprint density at radius 1 is 1.05 bits per heavy atom. The predicted octanol–water partition coefficient (Wildman–Crippen LogP) is 3.38. The summed E-state index contributed by atoms with van der Waals surface area (Å²) in [7, 11) is 0. The topological polar surface area (TPSA) is 145 Å². The number of esters is 2. The first-order chi connectivity index (χ1) is 20.7. The van der Waals surface area contributed by atoms with Crippen LogP contribution in [0.1, 0.15) is 68.2 Å². The molecule has 0 saturated carbocycles. The van der Waals surface area contributed by atoms with Crippen LogP contribution >= 0.6 is 0 Å². The Morgan fingerprint density at radius 3 is 2.53 bits per heavy atom. The average molecular weight is 586 g/mol. The third-order valence-electron chi connectivity index (χ3n) is 8.56. The molecule has 5 heterocycles. The Morgan fingerprint density at radius 2 is 1.81 bits per heavy atom. The summed E-state index contributed by atoms with van der Waals surface area (Å²) in [6, 6.07) is 6.71. The number of hydrogen-bond acceptors (Lipinski definition) is 9. The molecule has 0 spiro atoms. The molecule has 0 fully saturated rings. The smallest absolute Gasteiger partial charge is 0.355 e. The van der Waals surface area contributed by atoms with Gasteiger partial charge >= 0.3 is 11.9 Å². The van der Waals surface area contributed by atoms with Gasteiger partial charge in [0.25, 0.3) is 17.4 Å². The van der Waals surface area contributed by atoms with Crippen LogP contribution in [-0.2, 0) is 53.8 Å². The molecule has 0 radical (unpaired) electrons. The highest BCUT2D eigenvalue weighted by molar-refractivity contribution is 6.12. The number of phenols is 1. The number of unbranched alkanes of at least 4 members (excludes halogenated alkanes) is 2. The number of carbonyl (C=O) groups excluding carboxylic acids is 4. The van der Waals surface area contributed by atoms with Gasteiger partial charge in [0, 0.05) is 41.6 Å². The standard InChI is InChI=1S/C32H31N3O8/c1-3-19-20-14-18(36)9-10-24(20)33-29-21(19)16-35-25(29)15-23-22(30(35)40)17-42-31(41)32(23,4-2)43-28(39)8-6-5-7-13-34-26(37)11-12-27(34)38/h9-12,14-15,36H,3-8,13,16-17H2,1-2H3/t32-/m0/s1. The van der Waals surface area contributed by atoms with Gasteiger partial charge in [-0.2, -0.15) is 0 Å². The number of hydrogen-bond donors (Lipinski definition) is 1. The number of aromatic nitrogens is 2. The van der Waals surface area contributed by atoms with Gasteiger partial charge in [-0.1, -0.05) is 20.3 Å². The number of nitrogens with zero attached hydrogens (tertiary/aromatic N) is 3. The van der Waals surface area contributed by atoms with Crippen molar-refractivity contribution in [3.05, 3.63) is 69.0 Å². The van der Waals surface area contributed by atoms with E-state index in [1.807, 2.05) is 6.92 Å². The molecule has 3 aliphatic heterocycles. The minimum atomic E-state index is -1.78.